The van der Waals surface area contributed by atoms with Crippen LogP contribution in [-0.2, 0) is 0 Å². The molecule has 2 rings (SSSR count). The van der Waals surface area contributed by atoms with Gasteiger partial charge in [0.15, 0.2) is 0 Å². The molecule has 1 fully saturated rings. The summed E-state index contributed by atoms with van der Waals surface area (Å²) in [5, 5.41) is 0. The van der Waals surface area contributed by atoms with E-state index < -0.39 is 0 Å². The zero-order chi connectivity index (χ0) is 8.55. The van der Waals surface area contributed by atoms with E-state index in [2.05, 4.69) is 31.2 Å². The molecule has 0 amide bonds. The fraction of sp³-hybridized carbons (Fsp3) is 0.455. The maximum absolute atomic E-state index is 6.05. The van der Waals surface area contributed by atoms with Gasteiger partial charge in [0, 0.05) is 6.04 Å². The predicted molar refractivity (Wildman–Crippen MR) is 58.1 cm³/mol. The van der Waals surface area contributed by atoms with E-state index in [4.69, 9.17) is 5.73 Å². The van der Waals surface area contributed by atoms with Crippen molar-refractivity contribution in [1.29, 1.82) is 0 Å². The molecular weight excluding hydrogens is 182 g/mol. The van der Waals surface area contributed by atoms with Crippen LogP contribution in [0, 0.1) is 12.8 Å². The molecule has 0 spiro atoms. The fourth-order valence-corrected chi connectivity index (χ4v) is 1.52. The van der Waals surface area contributed by atoms with Crippen LogP contribution in [0.15, 0.2) is 24.3 Å². The second-order valence-corrected chi connectivity index (χ2v) is 3.77. The molecule has 1 aliphatic carbocycles. The molecule has 0 aliphatic heterocycles. The molecule has 2 N–H and O–H groups in total. The highest BCUT2D eigenvalue weighted by Gasteiger charge is 2.29. The minimum Gasteiger partial charge on any atom is -0.324 e. The molecule has 1 saturated carbocycles. The number of benzene rings is 1. The van der Waals surface area contributed by atoms with Crippen LogP contribution in [0.5, 0.6) is 0 Å². The molecule has 0 unspecified atom stereocenters. The average molecular weight is 198 g/mol. The minimum absolute atomic E-state index is 0. The van der Waals surface area contributed by atoms with E-state index in [-0.39, 0.29) is 18.4 Å². The topological polar surface area (TPSA) is 26.0 Å². The summed E-state index contributed by atoms with van der Waals surface area (Å²) < 4.78 is 0. The highest BCUT2D eigenvalue weighted by atomic mass is 35.5. The second-order valence-electron chi connectivity index (χ2n) is 3.77. The first kappa shape index (κ1) is 10.6. The van der Waals surface area contributed by atoms with Gasteiger partial charge in [0.1, 0.15) is 0 Å². The summed E-state index contributed by atoms with van der Waals surface area (Å²) >= 11 is 0. The Labute approximate surface area is 85.7 Å². The number of nitrogens with two attached hydrogens (primary N) is 1. The summed E-state index contributed by atoms with van der Waals surface area (Å²) in [5.41, 5.74) is 8.65. The lowest BCUT2D eigenvalue weighted by Crippen LogP contribution is -2.11. The number of rotatable bonds is 2. The van der Waals surface area contributed by atoms with E-state index in [0.29, 0.717) is 0 Å². The van der Waals surface area contributed by atoms with Gasteiger partial charge in [-0.3, -0.25) is 0 Å². The summed E-state index contributed by atoms with van der Waals surface area (Å²) in [6, 6.07) is 8.86. The van der Waals surface area contributed by atoms with Crippen LogP contribution in [0.1, 0.15) is 30.0 Å². The lowest BCUT2D eigenvalue weighted by Gasteiger charge is -2.10. The SMILES string of the molecule is Cc1ccc([C@@H](N)C2CC2)cc1.Cl. The first-order chi connectivity index (χ1) is 5.77. The molecule has 1 atom stereocenters. The molecule has 13 heavy (non-hydrogen) atoms. The fourth-order valence-electron chi connectivity index (χ4n) is 1.52. The second kappa shape index (κ2) is 4.12. The van der Waals surface area contributed by atoms with Gasteiger partial charge in [-0.25, -0.2) is 0 Å². The maximum atomic E-state index is 6.05. The maximum Gasteiger partial charge on any atom is 0.0323 e. The van der Waals surface area contributed by atoms with Gasteiger partial charge in [-0.1, -0.05) is 29.8 Å². The molecule has 72 valence electrons. The molecule has 0 heterocycles. The van der Waals surface area contributed by atoms with Gasteiger partial charge in [-0.15, -0.1) is 12.4 Å². The van der Waals surface area contributed by atoms with Crippen LogP contribution >= 0.6 is 12.4 Å². The Kier molecular flexibility index (Phi) is 3.34. The molecule has 1 aromatic rings. The summed E-state index contributed by atoms with van der Waals surface area (Å²) in [7, 11) is 0. The Bertz CT molecular complexity index is 264. The summed E-state index contributed by atoms with van der Waals surface area (Å²) in [6.45, 7) is 2.10. The normalized spacial score (nSPS) is 17.7. The molecule has 1 aromatic carbocycles. The first-order valence-electron chi connectivity index (χ1n) is 4.59. The van der Waals surface area contributed by atoms with Crippen LogP contribution in [0.4, 0.5) is 0 Å². The number of hydrogen-bond donors (Lipinski definition) is 1. The van der Waals surface area contributed by atoms with Gasteiger partial charge in [0.05, 0.1) is 0 Å². The van der Waals surface area contributed by atoms with Gasteiger partial charge >= 0.3 is 0 Å². The van der Waals surface area contributed by atoms with E-state index in [1.54, 1.807) is 0 Å². The van der Waals surface area contributed by atoms with Gasteiger partial charge in [-0.05, 0) is 31.2 Å². The average Bonchev–Trinajstić information content (AvgIpc) is 2.87. The molecule has 0 radical (unpaired) electrons. The monoisotopic (exact) mass is 197 g/mol. The highest BCUT2D eigenvalue weighted by molar-refractivity contribution is 5.85. The van der Waals surface area contributed by atoms with E-state index in [1.807, 2.05) is 0 Å². The van der Waals surface area contributed by atoms with Crippen LogP contribution < -0.4 is 5.73 Å². The Morgan fingerprint density at radius 1 is 1.23 bits per heavy atom. The summed E-state index contributed by atoms with van der Waals surface area (Å²) in [4.78, 5) is 0. The minimum atomic E-state index is 0. The molecular formula is C11H16ClN. The Balaban J connectivity index is 0.000000845. The number of aryl methyl sites for hydroxylation is 1. The molecule has 0 aromatic heterocycles. The predicted octanol–water partition coefficient (Wildman–Crippen LogP) is 2.83. The molecule has 1 nitrogen and oxygen atoms in total. The zero-order valence-corrected chi connectivity index (χ0v) is 8.68. The van der Waals surface area contributed by atoms with Crippen molar-refractivity contribution in [2.45, 2.75) is 25.8 Å². The largest absolute Gasteiger partial charge is 0.324 e. The van der Waals surface area contributed by atoms with Crippen molar-refractivity contribution >= 4 is 12.4 Å². The van der Waals surface area contributed by atoms with Gasteiger partial charge in [0.2, 0.25) is 0 Å². The van der Waals surface area contributed by atoms with Crippen molar-refractivity contribution in [1.82, 2.24) is 0 Å². The zero-order valence-electron chi connectivity index (χ0n) is 7.86. The summed E-state index contributed by atoms with van der Waals surface area (Å²) in [6.07, 6.45) is 2.63. The Morgan fingerprint density at radius 3 is 2.23 bits per heavy atom. The van der Waals surface area contributed by atoms with E-state index in [1.165, 1.54) is 24.0 Å². The van der Waals surface area contributed by atoms with E-state index in [9.17, 15) is 0 Å². The quantitative estimate of drug-likeness (QED) is 0.776. The van der Waals surface area contributed by atoms with Crippen molar-refractivity contribution in [2.75, 3.05) is 0 Å². The van der Waals surface area contributed by atoms with Crippen LogP contribution in [-0.4, -0.2) is 0 Å². The third-order valence-corrected chi connectivity index (χ3v) is 2.59. The summed E-state index contributed by atoms with van der Waals surface area (Å²) in [5.74, 6) is 0.757. The third-order valence-electron chi connectivity index (χ3n) is 2.59. The Hall–Kier alpha value is -0.530. The van der Waals surface area contributed by atoms with Gasteiger partial charge in [-0.2, -0.15) is 0 Å². The van der Waals surface area contributed by atoms with Crippen molar-refractivity contribution in [3.8, 4) is 0 Å². The first-order valence-corrected chi connectivity index (χ1v) is 4.59. The van der Waals surface area contributed by atoms with Crippen molar-refractivity contribution < 1.29 is 0 Å². The van der Waals surface area contributed by atoms with E-state index >= 15 is 0 Å². The Morgan fingerprint density at radius 2 is 1.77 bits per heavy atom. The number of halogens is 1. The van der Waals surface area contributed by atoms with Crippen molar-refractivity contribution in [3.63, 3.8) is 0 Å². The highest BCUT2D eigenvalue weighted by Crippen LogP contribution is 2.39. The van der Waals surface area contributed by atoms with Crippen molar-refractivity contribution in [3.05, 3.63) is 35.4 Å². The molecule has 2 heteroatoms. The standard InChI is InChI=1S/C11H15N.ClH/c1-8-2-4-9(5-3-8)11(12)10-6-7-10;/h2-5,10-11H,6-7,12H2,1H3;1H/t11-;/m1./s1. The van der Waals surface area contributed by atoms with Crippen LogP contribution in [0.2, 0.25) is 0 Å². The van der Waals surface area contributed by atoms with Crippen LogP contribution in [0.3, 0.4) is 0 Å². The molecule has 0 bridgehead atoms. The van der Waals surface area contributed by atoms with Gasteiger partial charge < -0.3 is 5.73 Å². The van der Waals surface area contributed by atoms with E-state index in [0.717, 1.165) is 5.92 Å². The molecule has 0 saturated heterocycles. The smallest absolute Gasteiger partial charge is 0.0323 e. The lowest BCUT2D eigenvalue weighted by atomic mass is 10.0. The lowest BCUT2D eigenvalue weighted by molar-refractivity contribution is 0.633. The van der Waals surface area contributed by atoms with Gasteiger partial charge in [0.25, 0.3) is 0 Å². The van der Waals surface area contributed by atoms with Crippen LogP contribution in [0.25, 0.3) is 0 Å². The third kappa shape index (κ3) is 2.45. The number of hydrogen-bond acceptors (Lipinski definition) is 1. The molecule has 1 aliphatic rings. The van der Waals surface area contributed by atoms with Crippen molar-refractivity contribution in [2.24, 2.45) is 11.7 Å².